The minimum absolute atomic E-state index is 0.344. The Hall–Kier alpha value is -0.560. The Morgan fingerprint density at radius 1 is 1.26 bits per heavy atom. The molecule has 0 spiro atoms. The second kappa shape index (κ2) is 7.89. The zero-order chi connectivity index (χ0) is 14.3. The van der Waals surface area contributed by atoms with Gasteiger partial charge >= 0.3 is 0 Å². The van der Waals surface area contributed by atoms with Crippen LogP contribution < -0.4 is 10.0 Å². The lowest BCUT2D eigenvalue weighted by atomic mass is 10.1. The molecule has 0 saturated heterocycles. The van der Waals surface area contributed by atoms with Crippen molar-refractivity contribution in [1.82, 2.24) is 10.0 Å². The second-order valence-electron chi connectivity index (χ2n) is 4.20. The van der Waals surface area contributed by atoms with Gasteiger partial charge in [0.2, 0.25) is 10.0 Å². The average Bonchev–Trinajstić information content (AvgIpc) is 2.39. The van der Waals surface area contributed by atoms with Crippen LogP contribution in [-0.4, -0.2) is 34.0 Å². The molecule has 0 fully saturated rings. The Morgan fingerprint density at radius 2 is 2.00 bits per heavy atom. The van der Waals surface area contributed by atoms with Gasteiger partial charge in [0.05, 0.1) is 4.90 Å². The quantitative estimate of drug-likeness (QED) is 0.716. The summed E-state index contributed by atoms with van der Waals surface area (Å²) in [6, 6.07) is 5.34. The Balaban J connectivity index is 2.97. The summed E-state index contributed by atoms with van der Waals surface area (Å²) < 4.78 is 26.9. The second-order valence-corrected chi connectivity index (χ2v) is 6.96. The van der Waals surface area contributed by atoms with Gasteiger partial charge < -0.3 is 5.32 Å². The molecule has 0 radical (unpaired) electrons. The van der Waals surface area contributed by atoms with Gasteiger partial charge in [-0.2, -0.15) is 11.8 Å². The molecule has 0 aromatic heterocycles. The third-order valence-corrected chi connectivity index (χ3v) is 4.91. The van der Waals surface area contributed by atoms with Crippen LogP contribution in [0.5, 0.6) is 0 Å². The molecule has 108 valence electrons. The number of hydrogen-bond donors (Lipinski definition) is 2. The largest absolute Gasteiger partial charge is 0.316 e. The molecule has 0 aliphatic heterocycles. The average molecular weight is 302 g/mol. The minimum atomic E-state index is -3.39. The van der Waals surface area contributed by atoms with Gasteiger partial charge in [0.15, 0.2) is 0 Å². The van der Waals surface area contributed by atoms with E-state index in [2.05, 4.69) is 17.0 Å². The van der Waals surface area contributed by atoms with E-state index in [0.29, 0.717) is 18.0 Å². The molecule has 0 unspecified atom stereocenters. The molecule has 1 aromatic rings. The predicted octanol–water partition coefficient (Wildman–Crippen LogP) is 1.61. The van der Waals surface area contributed by atoms with Gasteiger partial charge in [-0.15, -0.1) is 0 Å². The molecule has 0 aliphatic rings. The van der Waals surface area contributed by atoms with Crippen LogP contribution in [0, 0.1) is 0 Å². The van der Waals surface area contributed by atoms with E-state index in [0.717, 1.165) is 17.7 Å². The number of hydrogen-bond acceptors (Lipinski definition) is 4. The number of thioether (sulfide) groups is 1. The summed E-state index contributed by atoms with van der Waals surface area (Å²) in [5.74, 6) is 0.773. The number of sulfonamides is 1. The highest BCUT2D eigenvalue weighted by atomic mass is 32.2. The van der Waals surface area contributed by atoms with Crippen molar-refractivity contribution >= 4 is 21.8 Å². The number of rotatable bonds is 8. The Kier molecular flexibility index (Phi) is 6.85. The van der Waals surface area contributed by atoms with Crippen molar-refractivity contribution in [3.05, 3.63) is 29.3 Å². The molecule has 0 aliphatic carbocycles. The van der Waals surface area contributed by atoms with Crippen LogP contribution in [0.2, 0.25) is 0 Å². The Morgan fingerprint density at radius 3 is 2.58 bits per heavy atom. The summed E-state index contributed by atoms with van der Waals surface area (Å²) in [6.07, 6.45) is 2.85. The highest BCUT2D eigenvalue weighted by Crippen LogP contribution is 2.16. The molecule has 2 N–H and O–H groups in total. The lowest BCUT2D eigenvalue weighted by molar-refractivity contribution is 0.584. The van der Waals surface area contributed by atoms with Crippen LogP contribution in [0.4, 0.5) is 0 Å². The first-order valence-corrected chi connectivity index (χ1v) is 9.17. The summed E-state index contributed by atoms with van der Waals surface area (Å²) in [4.78, 5) is 0.344. The third-order valence-electron chi connectivity index (χ3n) is 2.83. The molecule has 0 atom stereocenters. The van der Waals surface area contributed by atoms with Crippen LogP contribution in [0.3, 0.4) is 0 Å². The Labute approximate surface area is 120 Å². The SMILES string of the molecule is CCc1ccc(S(=O)(=O)NCCSC)cc1CNC. The van der Waals surface area contributed by atoms with Crippen molar-refractivity contribution in [3.8, 4) is 0 Å². The highest BCUT2D eigenvalue weighted by molar-refractivity contribution is 7.98. The maximum absolute atomic E-state index is 12.1. The topological polar surface area (TPSA) is 58.2 Å². The van der Waals surface area contributed by atoms with E-state index in [1.807, 2.05) is 19.4 Å². The van der Waals surface area contributed by atoms with Crippen LogP contribution in [0.25, 0.3) is 0 Å². The fourth-order valence-corrected chi connectivity index (χ4v) is 3.35. The highest BCUT2D eigenvalue weighted by Gasteiger charge is 2.14. The molecule has 4 nitrogen and oxygen atoms in total. The van der Waals surface area contributed by atoms with Crippen LogP contribution in [0.15, 0.2) is 23.1 Å². The maximum Gasteiger partial charge on any atom is 0.240 e. The van der Waals surface area contributed by atoms with E-state index < -0.39 is 10.0 Å². The summed E-state index contributed by atoms with van der Waals surface area (Å²) in [7, 11) is -1.53. The number of nitrogens with one attached hydrogen (secondary N) is 2. The fourth-order valence-electron chi connectivity index (χ4n) is 1.83. The molecule has 1 rings (SSSR count). The van der Waals surface area contributed by atoms with Crippen LogP contribution in [0.1, 0.15) is 18.1 Å². The van der Waals surface area contributed by atoms with Crippen LogP contribution in [-0.2, 0) is 23.0 Å². The first-order valence-electron chi connectivity index (χ1n) is 6.30. The molecule has 0 amide bonds. The Bertz CT molecular complexity index is 501. The summed E-state index contributed by atoms with van der Waals surface area (Å²) in [6.45, 7) is 3.21. The van der Waals surface area contributed by atoms with E-state index in [4.69, 9.17) is 0 Å². The molecular formula is C13H22N2O2S2. The summed E-state index contributed by atoms with van der Waals surface area (Å²) in [5.41, 5.74) is 2.22. The van der Waals surface area contributed by atoms with E-state index in [9.17, 15) is 8.42 Å². The van der Waals surface area contributed by atoms with E-state index in [1.165, 1.54) is 5.56 Å². The monoisotopic (exact) mass is 302 g/mol. The predicted molar refractivity (Wildman–Crippen MR) is 82.2 cm³/mol. The lowest BCUT2D eigenvalue weighted by Gasteiger charge is -2.11. The number of benzene rings is 1. The lowest BCUT2D eigenvalue weighted by Crippen LogP contribution is -2.26. The van der Waals surface area contributed by atoms with Crippen molar-refractivity contribution < 1.29 is 8.42 Å². The van der Waals surface area contributed by atoms with E-state index in [1.54, 1.807) is 23.9 Å². The first-order chi connectivity index (χ1) is 9.05. The number of aryl methyl sites for hydroxylation is 1. The van der Waals surface area contributed by atoms with E-state index >= 15 is 0 Å². The molecule has 0 bridgehead atoms. The van der Waals surface area contributed by atoms with Crippen molar-refractivity contribution in [3.63, 3.8) is 0 Å². The molecule has 0 heterocycles. The first kappa shape index (κ1) is 16.5. The van der Waals surface area contributed by atoms with Gasteiger partial charge in [-0.25, -0.2) is 13.1 Å². The fraction of sp³-hybridized carbons (Fsp3) is 0.538. The molecular weight excluding hydrogens is 280 g/mol. The van der Waals surface area contributed by atoms with Crippen molar-refractivity contribution in [2.24, 2.45) is 0 Å². The van der Waals surface area contributed by atoms with Gasteiger partial charge in [0, 0.05) is 18.8 Å². The zero-order valence-electron chi connectivity index (χ0n) is 11.7. The molecule has 1 aromatic carbocycles. The van der Waals surface area contributed by atoms with Crippen molar-refractivity contribution in [2.45, 2.75) is 24.8 Å². The van der Waals surface area contributed by atoms with Crippen LogP contribution >= 0.6 is 11.8 Å². The maximum atomic E-state index is 12.1. The van der Waals surface area contributed by atoms with Gasteiger partial charge in [0.25, 0.3) is 0 Å². The van der Waals surface area contributed by atoms with Gasteiger partial charge in [-0.05, 0) is 43.0 Å². The minimum Gasteiger partial charge on any atom is -0.316 e. The molecule has 0 saturated carbocycles. The van der Waals surface area contributed by atoms with Gasteiger partial charge in [0.1, 0.15) is 0 Å². The van der Waals surface area contributed by atoms with Gasteiger partial charge in [-0.1, -0.05) is 13.0 Å². The zero-order valence-corrected chi connectivity index (χ0v) is 13.3. The molecule has 6 heteroatoms. The van der Waals surface area contributed by atoms with Crippen molar-refractivity contribution in [1.29, 1.82) is 0 Å². The van der Waals surface area contributed by atoms with E-state index in [-0.39, 0.29) is 0 Å². The summed E-state index contributed by atoms with van der Waals surface area (Å²) in [5, 5.41) is 3.07. The van der Waals surface area contributed by atoms with Gasteiger partial charge in [-0.3, -0.25) is 0 Å². The normalized spacial score (nSPS) is 11.7. The third kappa shape index (κ3) is 4.80. The van der Waals surface area contributed by atoms with Crippen molar-refractivity contribution in [2.75, 3.05) is 25.6 Å². The smallest absolute Gasteiger partial charge is 0.240 e. The standard InChI is InChI=1S/C13H22N2O2S2/c1-4-11-5-6-13(9-12(11)10-14-2)19(16,17)15-7-8-18-3/h5-6,9,14-15H,4,7-8,10H2,1-3H3. The summed E-state index contributed by atoms with van der Waals surface area (Å²) >= 11 is 1.62. The molecule has 19 heavy (non-hydrogen) atoms.